The zero-order valence-electron chi connectivity index (χ0n) is 15.0. The number of benzene rings is 3. The minimum absolute atomic E-state index is 0.306. The molecule has 1 aliphatic rings. The summed E-state index contributed by atoms with van der Waals surface area (Å²) >= 11 is 0. The van der Waals surface area contributed by atoms with Crippen LogP contribution in [0.15, 0.2) is 71.6 Å². The molecule has 27 heavy (non-hydrogen) atoms. The van der Waals surface area contributed by atoms with Crippen LogP contribution < -0.4 is 4.90 Å². The number of nitrogens with zero attached hydrogens (tertiary/aromatic N) is 1. The highest BCUT2D eigenvalue weighted by Crippen LogP contribution is 2.26. The fraction of sp³-hybridized carbons (Fsp3) is 0.238. The number of nitrogens with one attached hydrogen (secondary N) is 1. The number of fused-ring (bicyclic) bond motifs is 1. The maximum absolute atomic E-state index is 12.8. The molecule has 0 saturated carbocycles. The SMILES string of the molecule is O=S(=O)(c1ccccc1)N1CC[NH+](Cc2c(O)ccc3ccccc23)CC1. The Morgan fingerprint density at radius 3 is 2.30 bits per heavy atom. The Balaban J connectivity index is 1.49. The van der Waals surface area contributed by atoms with Crippen molar-refractivity contribution in [2.24, 2.45) is 0 Å². The maximum Gasteiger partial charge on any atom is 0.243 e. The molecule has 0 aromatic heterocycles. The van der Waals surface area contributed by atoms with Gasteiger partial charge in [0.1, 0.15) is 12.3 Å². The molecule has 1 heterocycles. The first-order valence-corrected chi connectivity index (χ1v) is 10.6. The minimum atomic E-state index is -3.43. The van der Waals surface area contributed by atoms with Gasteiger partial charge in [-0.25, -0.2) is 8.42 Å². The van der Waals surface area contributed by atoms with E-state index in [1.807, 2.05) is 36.4 Å². The minimum Gasteiger partial charge on any atom is -0.507 e. The van der Waals surface area contributed by atoms with Crippen molar-refractivity contribution >= 4 is 20.8 Å². The van der Waals surface area contributed by atoms with Gasteiger partial charge < -0.3 is 10.0 Å². The second kappa shape index (κ2) is 7.31. The predicted octanol–water partition coefficient (Wildman–Crippen LogP) is 1.63. The molecule has 1 saturated heterocycles. The van der Waals surface area contributed by atoms with Gasteiger partial charge in [0.25, 0.3) is 0 Å². The van der Waals surface area contributed by atoms with Crippen LogP contribution in [-0.4, -0.2) is 44.0 Å². The van der Waals surface area contributed by atoms with Crippen molar-refractivity contribution in [1.82, 2.24) is 4.31 Å². The van der Waals surface area contributed by atoms with E-state index in [1.165, 1.54) is 4.90 Å². The molecule has 0 bridgehead atoms. The highest BCUT2D eigenvalue weighted by Gasteiger charge is 2.30. The molecule has 3 aromatic rings. The molecule has 4 rings (SSSR count). The number of phenolic OH excluding ortho intramolecular Hbond substituents is 1. The zero-order valence-corrected chi connectivity index (χ0v) is 15.8. The van der Waals surface area contributed by atoms with Gasteiger partial charge >= 0.3 is 0 Å². The van der Waals surface area contributed by atoms with Gasteiger partial charge in [-0.15, -0.1) is 0 Å². The summed E-state index contributed by atoms with van der Waals surface area (Å²) in [5.74, 6) is 0.306. The van der Waals surface area contributed by atoms with Gasteiger partial charge in [0.2, 0.25) is 10.0 Å². The van der Waals surface area contributed by atoms with E-state index in [0.717, 1.165) is 16.3 Å². The molecule has 3 aromatic carbocycles. The van der Waals surface area contributed by atoms with E-state index in [1.54, 1.807) is 34.6 Å². The van der Waals surface area contributed by atoms with E-state index in [0.29, 0.717) is 43.4 Å². The third-order valence-corrected chi connectivity index (χ3v) is 7.17. The van der Waals surface area contributed by atoms with Gasteiger partial charge in [-0.1, -0.05) is 48.5 Å². The first-order chi connectivity index (χ1) is 13.1. The van der Waals surface area contributed by atoms with E-state index in [9.17, 15) is 13.5 Å². The molecule has 6 heteroatoms. The number of rotatable bonds is 4. The largest absolute Gasteiger partial charge is 0.507 e. The van der Waals surface area contributed by atoms with E-state index in [4.69, 9.17) is 0 Å². The summed E-state index contributed by atoms with van der Waals surface area (Å²) in [6.07, 6.45) is 0. The van der Waals surface area contributed by atoms with Crippen molar-refractivity contribution in [2.75, 3.05) is 26.2 Å². The molecule has 140 valence electrons. The normalized spacial score (nSPS) is 16.6. The number of sulfonamides is 1. The number of hydrogen-bond donors (Lipinski definition) is 2. The third kappa shape index (κ3) is 3.56. The van der Waals surface area contributed by atoms with Crippen molar-refractivity contribution in [1.29, 1.82) is 0 Å². The van der Waals surface area contributed by atoms with E-state index >= 15 is 0 Å². The van der Waals surface area contributed by atoms with Crippen LogP contribution in [0.5, 0.6) is 5.75 Å². The number of hydrogen-bond acceptors (Lipinski definition) is 3. The van der Waals surface area contributed by atoms with E-state index < -0.39 is 10.0 Å². The number of quaternary nitrogens is 1. The van der Waals surface area contributed by atoms with Crippen molar-refractivity contribution in [2.45, 2.75) is 11.4 Å². The molecule has 1 fully saturated rings. The Bertz CT molecular complexity index is 1040. The van der Waals surface area contributed by atoms with Gasteiger partial charge in [0.15, 0.2) is 0 Å². The van der Waals surface area contributed by atoms with Crippen molar-refractivity contribution < 1.29 is 18.4 Å². The highest BCUT2D eigenvalue weighted by atomic mass is 32.2. The summed E-state index contributed by atoms with van der Waals surface area (Å²) in [7, 11) is -3.43. The molecule has 0 radical (unpaired) electrons. The molecule has 5 nitrogen and oxygen atoms in total. The number of aromatic hydroxyl groups is 1. The van der Waals surface area contributed by atoms with Crippen LogP contribution in [0.4, 0.5) is 0 Å². The quantitative estimate of drug-likeness (QED) is 0.720. The average Bonchev–Trinajstić information content (AvgIpc) is 2.71. The first-order valence-electron chi connectivity index (χ1n) is 9.14. The lowest BCUT2D eigenvalue weighted by atomic mass is 10.0. The topological polar surface area (TPSA) is 62.0 Å². The molecule has 0 aliphatic carbocycles. The lowest BCUT2D eigenvalue weighted by Crippen LogP contribution is -3.13. The fourth-order valence-corrected chi connectivity index (χ4v) is 5.18. The molecule has 0 unspecified atom stereocenters. The molecule has 2 N–H and O–H groups in total. The van der Waals surface area contributed by atoms with Gasteiger partial charge in [-0.3, -0.25) is 0 Å². The van der Waals surface area contributed by atoms with Crippen LogP contribution in [0.2, 0.25) is 0 Å². The van der Waals surface area contributed by atoms with E-state index in [2.05, 4.69) is 0 Å². The van der Waals surface area contributed by atoms with Gasteiger partial charge in [0.05, 0.1) is 36.6 Å². The van der Waals surface area contributed by atoms with Gasteiger partial charge in [-0.05, 0) is 29.0 Å². The second-order valence-electron chi connectivity index (χ2n) is 6.93. The summed E-state index contributed by atoms with van der Waals surface area (Å²) in [5.41, 5.74) is 0.933. The fourth-order valence-electron chi connectivity index (χ4n) is 3.72. The van der Waals surface area contributed by atoms with Crippen LogP contribution in [0, 0.1) is 0 Å². The lowest BCUT2D eigenvalue weighted by Gasteiger charge is -2.31. The van der Waals surface area contributed by atoms with Crippen molar-refractivity contribution in [3.63, 3.8) is 0 Å². The van der Waals surface area contributed by atoms with Crippen LogP contribution in [0.3, 0.4) is 0 Å². The Labute approximate surface area is 159 Å². The molecular formula is C21H23N2O3S+. The van der Waals surface area contributed by atoms with Gasteiger partial charge in [0, 0.05) is 0 Å². The van der Waals surface area contributed by atoms with Crippen LogP contribution >= 0.6 is 0 Å². The van der Waals surface area contributed by atoms with Crippen LogP contribution in [0.25, 0.3) is 10.8 Å². The Hall–Kier alpha value is -2.41. The predicted molar refractivity (Wildman–Crippen MR) is 105 cm³/mol. The Kier molecular flexibility index (Phi) is 4.86. The Morgan fingerprint density at radius 2 is 1.56 bits per heavy atom. The highest BCUT2D eigenvalue weighted by molar-refractivity contribution is 7.89. The van der Waals surface area contributed by atoms with Crippen molar-refractivity contribution in [3.05, 3.63) is 72.3 Å². The van der Waals surface area contributed by atoms with Crippen molar-refractivity contribution in [3.8, 4) is 5.75 Å². The summed E-state index contributed by atoms with van der Waals surface area (Å²) in [4.78, 5) is 1.63. The smallest absolute Gasteiger partial charge is 0.243 e. The zero-order chi connectivity index (χ0) is 18.9. The van der Waals surface area contributed by atoms with Gasteiger partial charge in [-0.2, -0.15) is 4.31 Å². The average molecular weight is 383 g/mol. The van der Waals surface area contributed by atoms with E-state index in [-0.39, 0.29) is 0 Å². The lowest BCUT2D eigenvalue weighted by molar-refractivity contribution is -0.917. The number of piperazine rings is 1. The molecule has 1 aliphatic heterocycles. The molecule has 0 spiro atoms. The number of phenols is 1. The van der Waals surface area contributed by atoms with Crippen LogP contribution in [0.1, 0.15) is 5.56 Å². The molecular weight excluding hydrogens is 360 g/mol. The monoisotopic (exact) mass is 383 g/mol. The summed E-state index contributed by atoms with van der Waals surface area (Å²) in [5, 5.41) is 12.5. The third-order valence-electron chi connectivity index (χ3n) is 5.25. The Morgan fingerprint density at radius 1 is 0.889 bits per heavy atom. The summed E-state index contributed by atoms with van der Waals surface area (Å²) in [6.45, 7) is 3.09. The molecule has 0 atom stereocenters. The summed E-state index contributed by atoms with van der Waals surface area (Å²) < 4.78 is 27.1. The maximum atomic E-state index is 12.8. The molecule has 0 amide bonds. The summed E-state index contributed by atoms with van der Waals surface area (Å²) in [6, 6.07) is 20.3. The van der Waals surface area contributed by atoms with Crippen LogP contribution in [-0.2, 0) is 16.6 Å². The standard InChI is InChI=1S/C21H22N2O3S/c24-21-11-10-17-6-4-5-9-19(17)20(21)16-22-12-14-23(15-13-22)27(25,26)18-7-2-1-3-8-18/h1-11,24H,12-16H2/p+1. The first kappa shape index (κ1) is 18.0. The second-order valence-corrected chi connectivity index (χ2v) is 8.87.